The van der Waals surface area contributed by atoms with E-state index >= 15 is 0 Å². The van der Waals surface area contributed by atoms with Crippen molar-refractivity contribution in [2.45, 2.75) is 33.6 Å². The molecule has 0 saturated carbocycles. The van der Waals surface area contributed by atoms with Gasteiger partial charge in [-0.2, -0.15) is 0 Å². The van der Waals surface area contributed by atoms with Crippen LogP contribution in [0.4, 0.5) is 5.13 Å². The molecule has 1 saturated heterocycles. The van der Waals surface area contributed by atoms with E-state index in [4.69, 9.17) is 14.5 Å². The fraction of sp³-hybridized carbons (Fsp3) is 0.462. The minimum Gasteiger partial charge on any atom is -0.484 e. The van der Waals surface area contributed by atoms with Crippen LogP contribution in [0, 0.1) is 13.8 Å². The normalized spacial score (nSPS) is 14.7. The van der Waals surface area contributed by atoms with Crippen molar-refractivity contribution in [3.05, 3.63) is 53.1 Å². The number of hydrogen-bond donors (Lipinski definition) is 0. The Morgan fingerprint density at radius 2 is 1.91 bits per heavy atom. The molecule has 0 unspecified atom stereocenters. The maximum Gasteiger partial charge on any atom is 0.266 e. The SMILES string of the molecule is Cc1cc(C)c2sc(N(CCN3CCOCC3)C(=O)COc3ccc(C(C)C)cc3)nc2c1. The zero-order valence-corrected chi connectivity index (χ0v) is 20.8. The number of aromatic nitrogens is 1. The summed E-state index contributed by atoms with van der Waals surface area (Å²) in [6, 6.07) is 12.2. The van der Waals surface area contributed by atoms with Gasteiger partial charge in [-0.3, -0.25) is 14.6 Å². The summed E-state index contributed by atoms with van der Waals surface area (Å²) in [6.07, 6.45) is 0. The van der Waals surface area contributed by atoms with Crippen LogP contribution in [0.2, 0.25) is 0 Å². The average molecular weight is 468 g/mol. The molecule has 33 heavy (non-hydrogen) atoms. The quantitative estimate of drug-likeness (QED) is 0.477. The average Bonchev–Trinajstić information content (AvgIpc) is 3.23. The number of hydrogen-bond acceptors (Lipinski definition) is 6. The molecule has 0 atom stereocenters. The van der Waals surface area contributed by atoms with Crippen LogP contribution in [0.5, 0.6) is 5.75 Å². The maximum absolute atomic E-state index is 13.3. The standard InChI is InChI=1S/C26H33N3O3S/c1-18(2)21-5-7-22(8-6-21)32-17-24(30)29(10-9-28-11-13-31-14-12-28)26-27-23-16-19(3)15-20(4)25(23)33-26/h5-8,15-16,18H,9-14,17H2,1-4H3. The van der Waals surface area contributed by atoms with E-state index in [9.17, 15) is 4.79 Å². The molecule has 2 aromatic carbocycles. The second kappa shape index (κ2) is 10.6. The van der Waals surface area contributed by atoms with Crippen molar-refractivity contribution in [2.24, 2.45) is 0 Å². The molecule has 0 N–H and O–H groups in total. The van der Waals surface area contributed by atoms with E-state index in [1.807, 2.05) is 12.1 Å². The Morgan fingerprint density at radius 1 is 1.18 bits per heavy atom. The second-order valence-electron chi connectivity index (χ2n) is 8.94. The first-order valence-corrected chi connectivity index (χ1v) is 12.4. The number of anilines is 1. The van der Waals surface area contributed by atoms with Crippen LogP contribution in [0.3, 0.4) is 0 Å². The molecular weight excluding hydrogens is 434 g/mol. The van der Waals surface area contributed by atoms with Gasteiger partial charge in [-0.15, -0.1) is 0 Å². The van der Waals surface area contributed by atoms with Crippen molar-refractivity contribution < 1.29 is 14.3 Å². The minimum absolute atomic E-state index is 0.0158. The van der Waals surface area contributed by atoms with Crippen LogP contribution in [0.15, 0.2) is 36.4 Å². The first-order valence-electron chi connectivity index (χ1n) is 11.6. The van der Waals surface area contributed by atoms with Crippen molar-refractivity contribution in [3.63, 3.8) is 0 Å². The maximum atomic E-state index is 13.3. The summed E-state index contributed by atoms with van der Waals surface area (Å²) in [5, 5.41) is 0.732. The number of thiazole rings is 1. The fourth-order valence-electron chi connectivity index (χ4n) is 4.05. The van der Waals surface area contributed by atoms with Gasteiger partial charge in [0.1, 0.15) is 5.75 Å². The third kappa shape index (κ3) is 5.91. The molecule has 0 spiro atoms. The number of fused-ring (bicyclic) bond motifs is 1. The fourth-order valence-corrected chi connectivity index (χ4v) is 5.10. The number of nitrogens with zero attached hydrogens (tertiary/aromatic N) is 3. The molecular formula is C26H33N3O3S. The Kier molecular flexibility index (Phi) is 7.63. The number of rotatable bonds is 8. The number of aryl methyl sites for hydroxylation is 2. The lowest BCUT2D eigenvalue weighted by molar-refractivity contribution is -0.120. The monoisotopic (exact) mass is 467 g/mol. The van der Waals surface area contributed by atoms with E-state index in [0.29, 0.717) is 18.2 Å². The molecule has 1 aromatic heterocycles. The van der Waals surface area contributed by atoms with Gasteiger partial charge in [-0.05, 0) is 54.7 Å². The van der Waals surface area contributed by atoms with E-state index in [0.717, 1.165) is 48.2 Å². The predicted molar refractivity (Wildman–Crippen MR) is 135 cm³/mol. The summed E-state index contributed by atoms with van der Waals surface area (Å²) >= 11 is 1.58. The second-order valence-corrected chi connectivity index (χ2v) is 9.92. The third-order valence-corrected chi connectivity index (χ3v) is 7.22. The molecule has 1 amide bonds. The highest BCUT2D eigenvalue weighted by molar-refractivity contribution is 7.22. The van der Waals surface area contributed by atoms with Crippen molar-refractivity contribution in [3.8, 4) is 5.75 Å². The number of amides is 1. The number of carbonyl (C=O) groups excluding carboxylic acids is 1. The van der Waals surface area contributed by atoms with Gasteiger partial charge in [0, 0.05) is 26.2 Å². The molecule has 0 aliphatic carbocycles. The molecule has 7 heteroatoms. The highest BCUT2D eigenvalue weighted by Crippen LogP contribution is 2.32. The Hall–Kier alpha value is -2.48. The molecule has 3 aromatic rings. The van der Waals surface area contributed by atoms with Gasteiger partial charge < -0.3 is 9.47 Å². The Bertz CT molecular complexity index is 1090. The first kappa shape index (κ1) is 23.7. The number of carbonyl (C=O) groups is 1. The zero-order chi connectivity index (χ0) is 23.4. The summed E-state index contributed by atoms with van der Waals surface area (Å²) in [5.41, 5.74) is 4.56. The van der Waals surface area contributed by atoms with Crippen LogP contribution >= 0.6 is 11.3 Å². The molecule has 0 radical (unpaired) electrons. The van der Waals surface area contributed by atoms with Crippen molar-refractivity contribution in [1.29, 1.82) is 0 Å². The molecule has 176 valence electrons. The minimum atomic E-state index is -0.0790. The number of ether oxygens (including phenoxy) is 2. The summed E-state index contributed by atoms with van der Waals surface area (Å²) in [7, 11) is 0. The van der Waals surface area contributed by atoms with Crippen LogP contribution in [-0.4, -0.2) is 61.8 Å². The van der Waals surface area contributed by atoms with Crippen molar-refractivity contribution >= 4 is 32.6 Å². The zero-order valence-electron chi connectivity index (χ0n) is 20.0. The highest BCUT2D eigenvalue weighted by atomic mass is 32.1. The van der Waals surface area contributed by atoms with E-state index < -0.39 is 0 Å². The van der Waals surface area contributed by atoms with Gasteiger partial charge >= 0.3 is 0 Å². The number of morpholine rings is 1. The lowest BCUT2D eigenvalue weighted by Crippen LogP contribution is -2.44. The molecule has 1 aliphatic rings. The summed E-state index contributed by atoms with van der Waals surface area (Å²) in [6.45, 7) is 13.1. The van der Waals surface area contributed by atoms with Gasteiger partial charge in [0.05, 0.1) is 23.4 Å². The van der Waals surface area contributed by atoms with Crippen LogP contribution in [-0.2, 0) is 9.53 Å². The smallest absolute Gasteiger partial charge is 0.266 e. The topological polar surface area (TPSA) is 54.9 Å². The molecule has 4 rings (SSSR count). The van der Waals surface area contributed by atoms with Gasteiger partial charge in [0.15, 0.2) is 11.7 Å². The van der Waals surface area contributed by atoms with E-state index in [2.05, 4.69) is 56.9 Å². The lowest BCUT2D eigenvalue weighted by Gasteiger charge is -2.29. The molecule has 2 heterocycles. The Labute approximate surface area is 200 Å². The van der Waals surface area contributed by atoms with Crippen LogP contribution in [0.1, 0.15) is 36.5 Å². The largest absolute Gasteiger partial charge is 0.484 e. The van der Waals surface area contributed by atoms with Gasteiger partial charge in [-0.1, -0.05) is 43.4 Å². The van der Waals surface area contributed by atoms with Crippen LogP contribution < -0.4 is 9.64 Å². The van der Waals surface area contributed by atoms with Gasteiger partial charge in [-0.25, -0.2) is 4.98 Å². The summed E-state index contributed by atoms with van der Waals surface area (Å²) < 4.78 is 12.5. The van der Waals surface area contributed by atoms with Gasteiger partial charge in [0.2, 0.25) is 0 Å². The molecule has 1 fully saturated rings. The molecule has 6 nitrogen and oxygen atoms in total. The number of benzene rings is 2. The third-order valence-electron chi connectivity index (χ3n) is 5.99. The van der Waals surface area contributed by atoms with Crippen molar-refractivity contribution in [1.82, 2.24) is 9.88 Å². The predicted octanol–water partition coefficient (Wildman–Crippen LogP) is 4.78. The Morgan fingerprint density at radius 3 is 2.61 bits per heavy atom. The van der Waals surface area contributed by atoms with E-state index in [1.54, 1.807) is 16.2 Å². The lowest BCUT2D eigenvalue weighted by atomic mass is 10.0. The summed E-state index contributed by atoms with van der Waals surface area (Å²) in [4.78, 5) is 22.3. The van der Waals surface area contributed by atoms with Crippen molar-refractivity contribution in [2.75, 3.05) is 50.9 Å². The first-order chi connectivity index (χ1) is 15.9. The molecule has 0 bridgehead atoms. The van der Waals surface area contributed by atoms with Crippen LogP contribution in [0.25, 0.3) is 10.2 Å². The van der Waals surface area contributed by atoms with Gasteiger partial charge in [0.25, 0.3) is 5.91 Å². The molecule has 1 aliphatic heterocycles. The Balaban J connectivity index is 1.51. The highest BCUT2D eigenvalue weighted by Gasteiger charge is 2.22. The van der Waals surface area contributed by atoms with E-state index in [1.165, 1.54) is 16.7 Å². The van der Waals surface area contributed by atoms with E-state index in [-0.39, 0.29) is 12.5 Å². The summed E-state index contributed by atoms with van der Waals surface area (Å²) in [5.74, 6) is 1.09.